The number of aryl methyl sites for hydroxylation is 1. The number of rotatable bonds is 4. The van der Waals surface area contributed by atoms with Gasteiger partial charge in [0.15, 0.2) is 0 Å². The Hall–Kier alpha value is -1.84. The number of sulfonamides is 1. The van der Waals surface area contributed by atoms with Crippen molar-refractivity contribution in [3.63, 3.8) is 0 Å². The Balaban J connectivity index is 1.75. The van der Waals surface area contributed by atoms with Gasteiger partial charge in [-0.2, -0.15) is 4.31 Å². The van der Waals surface area contributed by atoms with Crippen molar-refractivity contribution in [2.45, 2.75) is 25.8 Å². The molecule has 1 amide bonds. The zero-order valence-corrected chi connectivity index (χ0v) is 15.0. The van der Waals surface area contributed by atoms with Crippen molar-refractivity contribution in [2.75, 3.05) is 18.1 Å². The second-order valence-corrected chi connectivity index (χ2v) is 8.74. The summed E-state index contributed by atoms with van der Waals surface area (Å²) in [4.78, 5) is 12.3. The van der Waals surface area contributed by atoms with Crippen LogP contribution in [-0.4, -0.2) is 41.6 Å². The van der Waals surface area contributed by atoms with Crippen molar-refractivity contribution in [2.24, 2.45) is 0 Å². The van der Waals surface area contributed by atoms with Crippen molar-refractivity contribution in [3.05, 3.63) is 39.8 Å². The lowest BCUT2D eigenvalue weighted by Crippen LogP contribution is -2.29. The number of hydrogen-bond donors (Lipinski definition) is 1. The van der Waals surface area contributed by atoms with E-state index in [2.05, 4.69) is 15.5 Å². The van der Waals surface area contributed by atoms with Crippen LogP contribution in [0.2, 0.25) is 0 Å². The molecule has 128 valence electrons. The van der Waals surface area contributed by atoms with Gasteiger partial charge in [-0.05, 0) is 31.9 Å². The van der Waals surface area contributed by atoms with Gasteiger partial charge < -0.3 is 5.32 Å². The third-order valence-corrected chi connectivity index (χ3v) is 6.17. The van der Waals surface area contributed by atoms with Crippen LogP contribution in [0.4, 0.5) is 5.69 Å². The molecule has 1 aromatic heterocycles. The molecule has 1 fully saturated rings. The van der Waals surface area contributed by atoms with E-state index in [4.69, 9.17) is 0 Å². The zero-order chi connectivity index (χ0) is 17.3. The van der Waals surface area contributed by atoms with Gasteiger partial charge in [-0.15, -0.1) is 10.2 Å². The van der Waals surface area contributed by atoms with Crippen LogP contribution in [0.25, 0.3) is 0 Å². The predicted molar refractivity (Wildman–Crippen MR) is 92.6 cm³/mol. The quantitative estimate of drug-likeness (QED) is 0.895. The number of hydrogen-bond acceptors (Lipinski definition) is 6. The molecule has 0 saturated carbocycles. The summed E-state index contributed by atoms with van der Waals surface area (Å²) < 4.78 is 25.1. The van der Waals surface area contributed by atoms with E-state index in [9.17, 15) is 13.2 Å². The number of nitrogens with zero attached hydrogens (tertiary/aromatic N) is 3. The second-order valence-electron chi connectivity index (χ2n) is 5.80. The van der Waals surface area contributed by atoms with E-state index < -0.39 is 10.0 Å². The molecule has 3 rings (SSSR count). The number of carbonyl (C=O) groups is 1. The van der Waals surface area contributed by atoms with E-state index in [1.165, 1.54) is 10.6 Å². The molecule has 0 unspecified atom stereocenters. The summed E-state index contributed by atoms with van der Waals surface area (Å²) in [5.74, 6) is -0.341. The Kier molecular flexibility index (Phi) is 4.66. The van der Waals surface area contributed by atoms with Gasteiger partial charge in [-0.25, -0.2) is 8.42 Å². The highest BCUT2D eigenvalue weighted by Crippen LogP contribution is 2.35. The van der Waals surface area contributed by atoms with Crippen LogP contribution in [0, 0.1) is 6.92 Å². The molecule has 24 heavy (non-hydrogen) atoms. The van der Waals surface area contributed by atoms with Crippen molar-refractivity contribution in [1.29, 1.82) is 0 Å². The monoisotopic (exact) mass is 366 g/mol. The maximum Gasteiger partial charge on any atom is 0.286 e. The van der Waals surface area contributed by atoms with E-state index in [0.29, 0.717) is 23.7 Å². The summed E-state index contributed by atoms with van der Waals surface area (Å²) in [7, 11) is -3.29. The summed E-state index contributed by atoms with van der Waals surface area (Å²) >= 11 is 1.14. The minimum atomic E-state index is -3.29. The van der Waals surface area contributed by atoms with Crippen LogP contribution in [0.5, 0.6) is 0 Å². The molecule has 1 atom stereocenters. The third-order valence-electron chi connectivity index (χ3n) is 3.86. The van der Waals surface area contributed by atoms with Gasteiger partial charge in [0.05, 0.1) is 12.3 Å². The molecule has 1 aliphatic heterocycles. The molecule has 0 spiro atoms. The number of benzene rings is 1. The third kappa shape index (κ3) is 3.63. The van der Waals surface area contributed by atoms with Gasteiger partial charge in [-0.3, -0.25) is 4.79 Å². The van der Waals surface area contributed by atoms with Crippen LogP contribution in [-0.2, 0) is 10.0 Å². The standard InChI is InChI=1S/C15H18N4O3S2/c1-10-5-7-11(8-6-10)16-13(20)15-18-17-14(23-15)12-4-3-9-19(12)24(2,21)22/h5-8,12H,3-4,9H2,1-2H3,(H,16,20)/t12-/m1/s1. The Labute approximate surface area is 144 Å². The first kappa shape index (κ1) is 17.0. The molecular weight excluding hydrogens is 348 g/mol. The fraction of sp³-hybridized carbons (Fsp3) is 0.400. The van der Waals surface area contributed by atoms with Crippen LogP contribution in [0.1, 0.15) is 39.3 Å². The van der Waals surface area contributed by atoms with Crippen molar-refractivity contribution < 1.29 is 13.2 Å². The molecule has 0 aliphatic carbocycles. The summed E-state index contributed by atoms with van der Waals surface area (Å²) in [5, 5.41) is 11.5. The van der Waals surface area contributed by atoms with Crippen LogP contribution in [0.15, 0.2) is 24.3 Å². The van der Waals surface area contributed by atoms with Gasteiger partial charge in [-0.1, -0.05) is 29.0 Å². The molecule has 0 bridgehead atoms. The molecule has 1 saturated heterocycles. The van der Waals surface area contributed by atoms with Crippen molar-refractivity contribution in [3.8, 4) is 0 Å². The van der Waals surface area contributed by atoms with E-state index in [0.717, 1.165) is 23.3 Å². The average molecular weight is 366 g/mol. The van der Waals surface area contributed by atoms with E-state index >= 15 is 0 Å². The lowest BCUT2D eigenvalue weighted by Gasteiger charge is -2.19. The molecular formula is C15H18N4O3S2. The minimum absolute atomic E-state index is 0.228. The summed E-state index contributed by atoms with van der Waals surface area (Å²) in [6, 6.07) is 7.13. The fourth-order valence-corrected chi connectivity index (χ4v) is 4.75. The average Bonchev–Trinajstić information content (AvgIpc) is 3.17. The lowest BCUT2D eigenvalue weighted by atomic mass is 10.2. The number of aromatic nitrogens is 2. The van der Waals surface area contributed by atoms with E-state index in [1.54, 1.807) is 0 Å². The van der Waals surface area contributed by atoms with Crippen LogP contribution in [0.3, 0.4) is 0 Å². The number of anilines is 1. The highest BCUT2D eigenvalue weighted by Gasteiger charge is 2.35. The van der Waals surface area contributed by atoms with Gasteiger partial charge in [0.25, 0.3) is 5.91 Å². The maximum atomic E-state index is 12.3. The first-order valence-corrected chi connectivity index (χ1v) is 10.2. The topological polar surface area (TPSA) is 92.3 Å². The van der Waals surface area contributed by atoms with E-state index in [1.807, 2.05) is 31.2 Å². The molecule has 9 heteroatoms. The van der Waals surface area contributed by atoms with Gasteiger partial charge in [0.1, 0.15) is 5.01 Å². The smallest absolute Gasteiger partial charge is 0.286 e. The fourth-order valence-electron chi connectivity index (χ4n) is 2.67. The summed E-state index contributed by atoms with van der Waals surface area (Å²) in [5.41, 5.74) is 1.79. The Morgan fingerprint density at radius 1 is 1.29 bits per heavy atom. The zero-order valence-electron chi connectivity index (χ0n) is 13.4. The summed E-state index contributed by atoms with van der Waals surface area (Å²) in [6.45, 7) is 2.45. The van der Waals surface area contributed by atoms with Gasteiger partial charge in [0, 0.05) is 12.2 Å². The minimum Gasteiger partial charge on any atom is -0.320 e. The highest BCUT2D eigenvalue weighted by molar-refractivity contribution is 7.88. The molecule has 1 N–H and O–H groups in total. The molecule has 1 aliphatic rings. The lowest BCUT2D eigenvalue weighted by molar-refractivity contribution is 0.102. The first-order valence-electron chi connectivity index (χ1n) is 7.53. The molecule has 2 heterocycles. The molecule has 0 radical (unpaired) electrons. The summed E-state index contributed by atoms with van der Waals surface area (Å²) in [6.07, 6.45) is 2.67. The van der Waals surface area contributed by atoms with Gasteiger partial charge >= 0.3 is 0 Å². The van der Waals surface area contributed by atoms with Crippen molar-refractivity contribution in [1.82, 2.24) is 14.5 Å². The highest BCUT2D eigenvalue weighted by atomic mass is 32.2. The number of nitrogens with one attached hydrogen (secondary N) is 1. The number of amides is 1. The molecule has 7 nitrogen and oxygen atoms in total. The van der Waals surface area contributed by atoms with Gasteiger partial charge in [0.2, 0.25) is 15.0 Å². The predicted octanol–water partition coefficient (Wildman–Crippen LogP) is 2.20. The van der Waals surface area contributed by atoms with Crippen molar-refractivity contribution >= 4 is 33.0 Å². The molecule has 2 aromatic rings. The second kappa shape index (κ2) is 6.58. The Morgan fingerprint density at radius 3 is 2.67 bits per heavy atom. The maximum absolute atomic E-state index is 12.3. The Morgan fingerprint density at radius 2 is 2.00 bits per heavy atom. The first-order chi connectivity index (χ1) is 11.3. The van der Waals surface area contributed by atoms with Crippen LogP contribution < -0.4 is 5.32 Å². The number of carbonyl (C=O) groups excluding carboxylic acids is 1. The largest absolute Gasteiger partial charge is 0.320 e. The molecule has 1 aromatic carbocycles. The van der Waals surface area contributed by atoms with E-state index in [-0.39, 0.29) is 17.0 Å². The van der Waals surface area contributed by atoms with Crippen LogP contribution >= 0.6 is 11.3 Å². The Bertz CT molecular complexity index is 846. The SMILES string of the molecule is Cc1ccc(NC(=O)c2nnc([C@H]3CCCN3S(C)(=O)=O)s2)cc1. The normalized spacial score (nSPS) is 18.7.